The third kappa shape index (κ3) is 2.51. The summed E-state index contributed by atoms with van der Waals surface area (Å²) in [6.45, 7) is 5.86. The average molecular weight is 292 g/mol. The van der Waals surface area contributed by atoms with Crippen molar-refractivity contribution >= 4 is 27.5 Å². The third-order valence-corrected chi connectivity index (χ3v) is 4.37. The van der Waals surface area contributed by atoms with Gasteiger partial charge in [-0.25, -0.2) is 9.78 Å². The van der Waals surface area contributed by atoms with Gasteiger partial charge in [0.2, 0.25) is 0 Å². The normalized spacial score (nSPS) is 11.9. The van der Waals surface area contributed by atoms with E-state index in [9.17, 15) is 9.59 Å². The summed E-state index contributed by atoms with van der Waals surface area (Å²) in [5.74, 6) is -0.394. The number of rotatable bonds is 3. The van der Waals surface area contributed by atoms with Gasteiger partial charge in [-0.1, -0.05) is 6.08 Å². The molecule has 0 saturated carbocycles. The molecule has 5 nitrogen and oxygen atoms in total. The summed E-state index contributed by atoms with van der Waals surface area (Å²) in [6, 6.07) is 0. The van der Waals surface area contributed by atoms with Crippen LogP contribution in [0.1, 0.15) is 17.4 Å². The molecule has 0 aliphatic carbocycles. The fourth-order valence-electron chi connectivity index (χ4n) is 1.88. The zero-order valence-corrected chi connectivity index (χ0v) is 12.7. The molecule has 2 rings (SSSR count). The molecule has 0 amide bonds. The number of aromatic nitrogens is 2. The van der Waals surface area contributed by atoms with Crippen LogP contribution in [-0.4, -0.2) is 22.6 Å². The van der Waals surface area contributed by atoms with Crippen molar-refractivity contribution in [2.75, 3.05) is 7.11 Å². The SMILES string of the molecule is COC(=O)C(C)=CCn1cnc2sc(C)c(C)c2c1=O. The van der Waals surface area contributed by atoms with Crippen LogP contribution in [0.4, 0.5) is 0 Å². The second-order valence-corrected chi connectivity index (χ2v) is 5.75. The van der Waals surface area contributed by atoms with E-state index in [1.807, 2.05) is 13.8 Å². The van der Waals surface area contributed by atoms with Crippen LogP contribution in [0.25, 0.3) is 10.2 Å². The molecule has 106 valence electrons. The van der Waals surface area contributed by atoms with Crippen LogP contribution in [0.5, 0.6) is 0 Å². The number of carbonyl (C=O) groups is 1. The van der Waals surface area contributed by atoms with E-state index in [1.54, 1.807) is 13.0 Å². The van der Waals surface area contributed by atoms with Crippen molar-refractivity contribution in [3.8, 4) is 0 Å². The minimum Gasteiger partial charge on any atom is -0.466 e. The number of fused-ring (bicyclic) bond motifs is 1. The van der Waals surface area contributed by atoms with E-state index in [0.29, 0.717) is 17.5 Å². The van der Waals surface area contributed by atoms with Gasteiger partial charge in [0.25, 0.3) is 5.56 Å². The molecular formula is C14H16N2O3S. The van der Waals surface area contributed by atoms with Gasteiger partial charge in [0.1, 0.15) is 4.83 Å². The Bertz CT molecular complexity index is 756. The lowest BCUT2D eigenvalue weighted by molar-refractivity contribution is -0.136. The highest BCUT2D eigenvalue weighted by Gasteiger charge is 2.11. The second kappa shape index (κ2) is 5.58. The number of esters is 1. The number of hydrogen-bond donors (Lipinski definition) is 0. The van der Waals surface area contributed by atoms with Gasteiger partial charge in [0.15, 0.2) is 0 Å². The topological polar surface area (TPSA) is 61.2 Å². The van der Waals surface area contributed by atoms with Gasteiger partial charge in [-0.3, -0.25) is 9.36 Å². The molecule has 0 N–H and O–H groups in total. The van der Waals surface area contributed by atoms with Crippen LogP contribution in [0.2, 0.25) is 0 Å². The van der Waals surface area contributed by atoms with E-state index in [2.05, 4.69) is 9.72 Å². The third-order valence-electron chi connectivity index (χ3n) is 3.26. The summed E-state index contributed by atoms with van der Waals surface area (Å²) in [7, 11) is 1.33. The van der Waals surface area contributed by atoms with Gasteiger partial charge in [0, 0.05) is 17.0 Å². The lowest BCUT2D eigenvalue weighted by Crippen LogP contribution is -2.20. The Kier molecular flexibility index (Phi) is 4.04. The lowest BCUT2D eigenvalue weighted by atomic mass is 10.2. The molecule has 0 radical (unpaired) electrons. The number of thiophene rings is 1. The van der Waals surface area contributed by atoms with E-state index in [1.165, 1.54) is 29.3 Å². The number of carbonyl (C=O) groups excluding carboxylic acids is 1. The predicted octanol–water partition coefficient (Wildman–Crippen LogP) is 2.19. The first-order valence-corrected chi connectivity index (χ1v) is 6.97. The highest BCUT2D eigenvalue weighted by molar-refractivity contribution is 7.18. The summed E-state index contributed by atoms with van der Waals surface area (Å²) in [4.78, 5) is 29.9. The summed E-state index contributed by atoms with van der Waals surface area (Å²) < 4.78 is 6.11. The molecule has 0 bridgehead atoms. The Hall–Kier alpha value is -1.95. The average Bonchev–Trinajstić information content (AvgIpc) is 2.73. The zero-order valence-electron chi connectivity index (χ0n) is 11.9. The summed E-state index contributed by atoms with van der Waals surface area (Å²) in [5.41, 5.74) is 1.37. The molecule has 0 saturated heterocycles. The number of nitrogens with zero attached hydrogens (tertiary/aromatic N) is 2. The Labute approximate surface area is 120 Å². The van der Waals surface area contributed by atoms with Crippen molar-refractivity contribution in [3.63, 3.8) is 0 Å². The molecule has 0 aromatic carbocycles. The first kappa shape index (κ1) is 14.5. The van der Waals surface area contributed by atoms with Crippen molar-refractivity contribution in [1.82, 2.24) is 9.55 Å². The van der Waals surface area contributed by atoms with Crippen molar-refractivity contribution in [3.05, 3.63) is 38.8 Å². The molecule has 0 fully saturated rings. The number of allylic oxidation sites excluding steroid dienone is 1. The maximum Gasteiger partial charge on any atom is 0.333 e. The summed E-state index contributed by atoms with van der Waals surface area (Å²) >= 11 is 1.52. The Morgan fingerprint density at radius 1 is 1.50 bits per heavy atom. The van der Waals surface area contributed by atoms with Gasteiger partial charge in [-0.2, -0.15) is 0 Å². The first-order valence-electron chi connectivity index (χ1n) is 6.16. The molecule has 6 heteroatoms. The smallest absolute Gasteiger partial charge is 0.333 e. The number of ether oxygens (including phenoxy) is 1. The summed E-state index contributed by atoms with van der Waals surface area (Å²) in [6.07, 6.45) is 3.18. The standard InChI is InChI=1S/C14H16N2O3S/c1-8(14(18)19-4)5-6-16-7-15-12-11(13(16)17)9(2)10(3)20-12/h5,7H,6H2,1-4H3. The quantitative estimate of drug-likeness (QED) is 0.642. The highest BCUT2D eigenvalue weighted by atomic mass is 32.1. The van der Waals surface area contributed by atoms with Crippen LogP contribution < -0.4 is 5.56 Å². The van der Waals surface area contributed by atoms with Crippen LogP contribution in [0.3, 0.4) is 0 Å². The largest absolute Gasteiger partial charge is 0.466 e. The van der Waals surface area contributed by atoms with Crippen molar-refractivity contribution in [2.24, 2.45) is 0 Å². The lowest BCUT2D eigenvalue weighted by Gasteiger charge is -2.03. The fraction of sp³-hybridized carbons (Fsp3) is 0.357. The van der Waals surface area contributed by atoms with Gasteiger partial charge >= 0.3 is 5.97 Å². The maximum absolute atomic E-state index is 12.4. The van der Waals surface area contributed by atoms with Gasteiger partial charge in [-0.15, -0.1) is 11.3 Å². The van der Waals surface area contributed by atoms with E-state index in [0.717, 1.165) is 15.3 Å². The molecule has 0 atom stereocenters. The molecule has 0 aliphatic rings. The van der Waals surface area contributed by atoms with E-state index < -0.39 is 5.97 Å². The van der Waals surface area contributed by atoms with E-state index in [4.69, 9.17) is 0 Å². The van der Waals surface area contributed by atoms with Crippen LogP contribution in [0.15, 0.2) is 22.8 Å². The number of aryl methyl sites for hydroxylation is 2. The predicted molar refractivity (Wildman–Crippen MR) is 79.1 cm³/mol. The van der Waals surface area contributed by atoms with E-state index in [-0.39, 0.29) is 5.56 Å². The van der Waals surface area contributed by atoms with Crippen molar-refractivity contribution in [2.45, 2.75) is 27.3 Å². The minimum atomic E-state index is -0.394. The molecule has 0 aliphatic heterocycles. The van der Waals surface area contributed by atoms with E-state index >= 15 is 0 Å². The fourth-order valence-corrected chi connectivity index (χ4v) is 2.87. The monoisotopic (exact) mass is 292 g/mol. The van der Waals surface area contributed by atoms with Crippen molar-refractivity contribution < 1.29 is 9.53 Å². The number of methoxy groups -OCH3 is 1. The summed E-state index contributed by atoms with van der Waals surface area (Å²) in [5, 5.41) is 0.666. The Morgan fingerprint density at radius 2 is 2.20 bits per heavy atom. The van der Waals surface area contributed by atoms with Gasteiger partial charge in [-0.05, 0) is 26.3 Å². The Morgan fingerprint density at radius 3 is 2.85 bits per heavy atom. The Balaban J connectivity index is 2.42. The minimum absolute atomic E-state index is 0.0780. The first-order chi connectivity index (χ1) is 9.45. The van der Waals surface area contributed by atoms with Crippen LogP contribution in [-0.2, 0) is 16.1 Å². The zero-order chi connectivity index (χ0) is 14.9. The molecule has 0 spiro atoms. The van der Waals surface area contributed by atoms with Crippen LogP contribution >= 0.6 is 11.3 Å². The van der Waals surface area contributed by atoms with Gasteiger partial charge < -0.3 is 4.74 Å². The molecule has 0 unspecified atom stereocenters. The molecular weight excluding hydrogens is 276 g/mol. The molecule has 20 heavy (non-hydrogen) atoms. The highest BCUT2D eigenvalue weighted by Crippen LogP contribution is 2.25. The van der Waals surface area contributed by atoms with Crippen LogP contribution in [0, 0.1) is 13.8 Å². The molecule has 2 heterocycles. The maximum atomic E-state index is 12.4. The van der Waals surface area contributed by atoms with Gasteiger partial charge in [0.05, 0.1) is 18.8 Å². The second-order valence-electron chi connectivity index (χ2n) is 4.54. The van der Waals surface area contributed by atoms with Crippen molar-refractivity contribution in [1.29, 1.82) is 0 Å². The molecule has 2 aromatic heterocycles. The number of hydrogen-bond acceptors (Lipinski definition) is 5. The molecule has 2 aromatic rings.